The SMILES string of the molecule is CC(C)(C)c1csc(=S)n1O. The summed E-state index contributed by atoms with van der Waals surface area (Å²) in [7, 11) is 0. The van der Waals surface area contributed by atoms with Crippen LogP contribution >= 0.6 is 23.6 Å². The van der Waals surface area contributed by atoms with Crippen LogP contribution in [0.2, 0.25) is 0 Å². The summed E-state index contributed by atoms with van der Waals surface area (Å²) in [5, 5.41) is 11.3. The third kappa shape index (κ3) is 1.62. The van der Waals surface area contributed by atoms with Crippen LogP contribution in [0, 0.1) is 3.95 Å². The summed E-state index contributed by atoms with van der Waals surface area (Å²) in [6.07, 6.45) is 0. The molecule has 0 bridgehead atoms. The van der Waals surface area contributed by atoms with Gasteiger partial charge in [-0.15, -0.1) is 11.3 Å². The first-order valence-corrected chi connectivity index (χ1v) is 4.62. The number of rotatable bonds is 0. The Morgan fingerprint density at radius 3 is 2.27 bits per heavy atom. The molecule has 11 heavy (non-hydrogen) atoms. The number of nitrogens with zero attached hydrogens (tertiary/aromatic N) is 1. The molecule has 0 aliphatic carbocycles. The van der Waals surface area contributed by atoms with Gasteiger partial charge in [-0.25, -0.2) is 0 Å². The van der Waals surface area contributed by atoms with Gasteiger partial charge in [0.05, 0.1) is 5.69 Å². The summed E-state index contributed by atoms with van der Waals surface area (Å²) in [6, 6.07) is 0. The Hall–Kier alpha value is -0.350. The molecule has 1 aromatic heterocycles. The van der Waals surface area contributed by atoms with Crippen molar-refractivity contribution in [3.8, 4) is 0 Å². The quantitative estimate of drug-likeness (QED) is 0.501. The van der Waals surface area contributed by atoms with E-state index in [0.29, 0.717) is 3.95 Å². The maximum atomic E-state index is 9.40. The lowest BCUT2D eigenvalue weighted by Crippen LogP contribution is -2.16. The largest absolute Gasteiger partial charge is 0.427 e. The fourth-order valence-corrected chi connectivity index (χ4v) is 1.91. The lowest BCUT2D eigenvalue weighted by atomic mass is 9.93. The second-order valence-corrected chi connectivity index (χ2v) is 4.95. The van der Waals surface area contributed by atoms with Crippen LogP contribution in [0.15, 0.2) is 5.38 Å². The van der Waals surface area contributed by atoms with Crippen LogP contribution in [0.1, 0.15) is 26.5 Å². The van der Waals surface area contributed by atoms with Gasteiger partial charge in [-0.2, -0.15) is 4.73 Å². The summed E-state index contributed by atoms with van der Waals surface area (Å²) in [4.78, 5) is 0. The highest BCUT2D eigenvalue weighted by molar-refractivity contribution is 7.73. The molecular weight excluding hydrogens is 178 g/mol. The van der Waals surface area contributed by atoms with E-state index in [9.17, 15) is 5.21 Å². The third-order valence-electron chi connectivity index (χ3n) is 1.44. The van der Waals surface area contributed by atoms with Gasteiger partial charge in [0.25, 0.3) is 0 Å². The first-order valence-electron chi connectivity index (χ1n) is 3.33. The molecular formula is C7H11NOS2. The first-order chi connectivity index (χ1) is 4.93. The van der Waals surface area contributed by atoms with E-state index in [4.69, 9.17) is 12.2 Å². The summed E-state index contributed by atoms with van der Waals surface area (Å²) < 4.78 is 1.59. The minimum atomic E-state index is -0.0394. The van der Waals surface area contributed by atoms with Crippen LogP contribution in [-0.2, 0) is 5.41 Å². The maximum absolute atomic E-state index is 9.40. The second kappa shape index (κ2) is 2.60. The Balaban J connectivity index is 3.26. The molecule has 1 N–H and O–H groups in total. The van der Waals surface area contributed by atoms with Crippen LogP contribution in [0.3, 0.4) is 0 Å². The van der Waals surface area contributed by atoms with E-state index >= 15 is 0 Å². The molecule has 0 saturated carbocycles. The van der Waals surface area contributed by atoms with E-state index in [1.54, 1.807) is 0 Å². The average molecular weight is 189 g/mol. The van der Waals surface area contributed by atoms with Crippen molar-refractivity contribution in [2.75, 3.05) is 0 Å². The van der Waals surface area contributed by atoms with Gasteiger partial charge in [0, 0.05) is 10.8 Å². The fourth-order valence-electron chi connectivity index (χ4n) is 0.799. The van der Waals surface area contributed by atoms with Crippen LogP contribution in [0.5, 0.6) is 0 Å². The van der Waals surface area contributed by atoms with Gasteiger partial charge in [0.15, 0.2) is 3.95 Å². The highest BCUT2D eigenvalue weighted by Crippen LogP contribution is 2.24. The fraction of sp³-hybridized carbons (Fsp3) is 0.571. The molecule has 1 heterocycles. The van der Waals surface area contributed by atoms with Crippen molar-refractivity contribution < 1.29 is 5.21 Å². The van der Waals surface area contributed by atoms with E-state index in [2.05, 4.69) is 0 Å². The molecule has 0 radical (unpaired) electrons. The first kappa shape index (κ1) is 8.74. The minimum Gasteiger partial charge on any atom is -0.427 e. The zero-order valence-corrected chi connectivity index (χ0v) is 8.42. The molecule has 62 valence electrons. The molecule has 0 amide bonds. The maximum Gasteiger partial charge on any atom is 0.196 e. The summed E-state index contributed by atoms with van der Waals surface area (Å²) in [5.41, 5.74) is 0.829. The van der Waals surface area contributed by atoms with Gasteiger partial charge in [-0.1, -0.05) is 20.8 Å². The topological polar surface area (TPSA) is 25.2 Å². The zero-order chi connectivity index (χ0) is 8.65. The lowest BCUT2D eigenvalue weighted by Gasteiger charge is -2.16. The molecule has 0 saturated heterocycles. The highest BCUT2D eigenvalue weighted by atomic mass is 32.1. The highest BCUT2D eigenvalue weighted by Gasteiger charge is 2.18. The molecule has 2 nitrogen and oxygen atoms in total. The zero-order valence-electron chi connectivity index (χ0n) is 6.79. The monoisotopic (exact) mass is 189 g/mol. The molecule has 0 atom stereocenters. The predicted molar refractivity (Wildman–Crippen MR) is 49.0 cm³/mol. The van der Waals surface area contributed by atoms with E-state index in [1.165, 1.54) is 11.3 Å². The van der Waals surface area contributed by atoms with Crippen molar-refractivity contribution in [3.63, 3.8) is 0 Å². The summed E-state index contributed by atoms with van der Waals surface area (Å²) in [5.74, 6) is 0. The van der Waals surface area contributed by atoms with Crippen molar-refractivity contribution in [1.82, 2.24) is 4.73 Å². The minimum absolute atomic E-state index is 0.0394. The van der Waals surface area contributed by atoms with Crippen molar-refractivity contribution in [2.24, 2.45) is 0 Å². The number of thiazole rings is 1. The van der Waals surface area contributed by atoms with E-state index in [-0.39, 0.29) is 5.41 Å². The second-order valence-electron chi connectivity index (χ2n) is 3.45. The molecule has 0 unspecified atom stereocenters. The van der Waals surface area contributed by atoms with Gasteiger partial charge in [-0.3, -0.25) is 0 Å². The Morgan fingerprint density at radius 1 is 1.55 bits per heavy atom. The number of aromatic nitrogens is 1. The van der Waals surface area contributed by atoms with Gasteiger partial charge in [-0.05, 0) is 12.2 Å². The smallest absolute Gasteiger partial charge is 0.196 e. The number of hydrogen-bond donors (Lipinski definition) is 1. The predicted octanol–water partition coefficient (Wildman–Crippen LogP) is 2.81. The van der Waals surface area contributed by atoms with Crippen LogP contribution in [0.4, 0.5) is 0 Å². The molecule has 0 aliphatic heterocycles. The molecule has 0 aromatic carbocycles. The molecule has 1 aromatic rings. The van der Waals surface area contributed by atoms with Crippen LogP contribution in [-0.4, -0.2) is 9.94 Å². The van der Waals surface area contributed by atoms with E-state index in [1.807, 2.05) is 26.2 Å². The molecule has 4 heteroatoms. The Kier molecular flexibility index (Phi) is 2.07. The van der Waals surface area contributed by atoms with E-state index < -0.39 is 0 Å². The van der Waals surface area contributed by atoms with Crippen molar-refractivity contribution in [3.05, 3.63) is 15.0 Å². The van der Waals surface area contributed by atoms with Crippen LogP contribution < -0.4 is 0 Å². The Morgan fingerprint density at radius 2 is 2.09 bits per heavy atom. The summed E-state index contributed by atoms with van der Waals surface area (Å²) in [6.45, 7) is 6.11. The van der Waals surface area contributed by atoms with E-state index in [0.717, 1.165) is 10.4 Å². The Labute approximate surface area is 75.1 Å². The van der Waals surface area contributed by atoms with Gasteiger partial charge >= 0.3 is 0 Å². The average Bonchev–Trinajstić information content (AvgIpc) is 2.11. The Bertz CT molecular complexity index is 305. The van der Waals surface area contributed by atoms with Gasteiger partial charge in [0.2, 0.25) is 0 Å². The molecule has 1 rings (SSSR count). The lowest BCUT2D eigenvalue weighted by molar-refractivity contribution is 0.165. The number of hydrogen-bond acceptors (Lipinski definition) is 3. The van der Waals surface area contributed by atoms with Crippen molar-refractivity contribution in [2.45, 2.75) is 26.2 Å². The normalized spacial score (nSPS) is 11.9. The van der Waals surface area contributed by atoms with Gasteiger partial charge < -0.3 is 5.21 Å². The standard InChI is InChI=1S/C7H11NOS2/c1-7(2,3)5-4-11-6(10)8(5)9/h4,9H,1-3H3. The molecule has 0 spiro atoms. The third-order valence-corrected chi connectivity index (χ3v) is 2.62. The van der Waals surface area contributed by atoms with Crippen molar-refractivity contribution in [1.29, 1.82) is 0 Å². The van der Waals surface area contributed by atoms with Crippen LogP contribution in [0.25, 0.3) is 0 Å². The molecule has 0 aliphatic rings. The van der Waals surface area contributed by atoms with Gasteiger partial charge in [0.1, 0.15) is 0 Å². The summed E-state index contributed by atoms with van der Waals surface area (Å²) >= 11 is 6.26. The molecule has 0 fully saturated rings. The van der Waals surface area contributed by atoms with Crippen molar-refractivity contribution >= 4 is 23.6 Å².